The molecule has 0 unspecified atom stereocenters. The average Bonchev–Trinajstić information content (AvgIpc) is 3.15. The number of hydrogen-bond acceptors (Lipinski definition) is 3. The highest BCUT2D eigenvalue weighted by molar-refractivity contribution is 7.09. The van der Waals surface area contributed by atoms with Crippen molar-refractivity contribution >= 4 is 28.1 Å². The Bertz CT molecular complexity index is 700. The summed E-state index contributed by atoms with van der Waals surface area (Å²) in [5, 5.41) is 7.27. The minimum Gasteiger partial charge on any atom is -0.358 e. The van der Waals surface area contributed by atoms with Crippen LogP contribution in [0.3, 0.4) is 0 Å². The van der Waals surface area contributed by atoms with Crippen molar-refractivity contribution in [2.45, 2.75) is 25.7 Å². The third kappa shape index (κ3) is 3.95. The molecule has 3 aromatic rings. The predicted molar refractivity (Wildman–Crippen MR) is 90.1 cm³/mol. The Morgan fingerprint density at radius 1 is 1.27 bits per heavy atom. The molecular weight excluding hydrogens is 294 g/mol. The van der Waals surface area contributed by atoms with Crippen LogP contribution >= 0.6 is 11.3 Å². The number of amides is 1. The van der Waals surface area contributed by atoms with Gasteiger partial charge in [-0.3, -0.25) is 4.79 Å². The zero-order chi connectivity index (χ0) is 15.2. The van der Waals surface area contributed by atoms with Crippen LogP contribution < -0.4 is 5.32 Å². The van der Waals surface area contributed by atoms with E-state index in [2.05, 4.69) is 33.5 Å². The molecule has 0 aliphatic heterocycles. The molecule has 0 bridgehead atoms. The summed E-state index contributed by atoms with van der Waals surface area (Å²) in [5.41, 5.74) is 2.30. The summed E-state index contributed by atoms with van der Waals surface area (Å²) in [4.78, 5) is 19.4. The number of aryl methyl sites for hydroxylation is 1. The molecule has 2 aromatic heterocycles. The number of hydrogen-bond donors (Lipinski definition) is 2. The molecule has 22 heavy (non-hydrogen) atoms. The molecule has 0 aliphatic rings. The van der Waals surface area contributed by atoms with Crippen molar-refractivity contribution in [3.63, 3.8) is 0 Å². The average molecular weight is 313 g/mol. The summed E-state index contributed by atoms with van der Waals surface area (Å²) in [6.45, 7) is 0.670. The zero-order valence-corrected chi connectivity index (χ0v) is 13.2. The van der Waals surface area contributed by atoms with Gasteiger partial charge in [0.25, 0.3) is 0 Å². The van der Waals surface area contributed by atoms with Crippen molar-refractivity contribution < 1.29 is 4.79 Å². The van der Waals surface area contributed by atoms with Crippen LogP contribution in [0.2, 0.25) is 0 Å². The summed E-state index contributed by atoms with van der Waals surface area (Å²) in [6, 6.07) is 10.4. The summed E-state index contributed by atoms with van der Waals surface area (Å²) in [7, 11) is 0. The van der Waals surface area contributed by atoms with E-state index in [4.69, 9.17) is 0 Å². The lowest BCUT2D eigenvalue weighted by Crippen LogP contribution is -2.25. The van der Waals surface area contributed by atoms with E-state index in [1.165, 1.54) is 5.39 Å². The van der Waals surface area contributed by atoms with Gasteiger partial charge in [0.1, 0.15) is 0 Å². The van der Waals surface area contributed by atoms with Crippen LogP contribution in [0.1, 0.15) is 23.5 Å². The molecule has 1 aromatic carbocycles. The van der Waals surface area contributed by atoms with Gasteiger partial charge in [-0.2, -0.15) is 0 Å². The molecular formula is C17H19N3OS. The fraction of sp³-hybridized carbons (Fsp3) is 0.294. The van der Waals surface area contributed by atoms with Gasteiger partial charge in [0.05, 0.1) is 5.01 Å². The van der Waals surface area contributed by atoms with Crippen LogP contribution in [-0.2, 0) is 17.6 Å². The number of carbonyl (C=O) groups excluding carboxylic acids is 1. The smallest absolute Gasteiger partial charge is 0.220 e. The van der Waals surface area contributed by atoms with Crippen LogP contribution in [0, 0.1) is 0 Å². The SMILES string of the molecule is O=C(CCCc1nccs1)NCCc1cc2ccccc2[nH]1. The molecule has 0 fully saturated rings. The second kappa shape index (κ2) is 7.22. The third-order valence-corrected chi connectivity index (χ3v) is 4.42. The highest BCUT2D eigenvalue weighted by Crippen LogP contribution is 2.14. The number of thiazole rings is 1. The Morgan fingerprint density at radius 2 is 2.18 bits per heavy atom. The molecule has 114 valence electrons. The zero-order valence-electron chi connectivity index (χ0n) is 12.3. The third-order valence-electron chi connectivity index (χ3n) is 3.58. The molecule has 0 saturated heterocycles. The normalized spacial score (nSPS) is 10.9. The molecule has 2 N–H and O–H groups in total. The molecule has 4 nitrogen and oxygen atoms in total. The van der Waals surface area contributed by atoms with Gasteiger partial charge < -0.3 is 10.3 Å². The van der Waals surface area contributed by atoms with E-state index in [0.717, 1.165) is 35.5 Å². The van der Waals surface area contributed by atoms with Gasteiger partial charge in [-0.25, -0.2) is 4.98 Å². The Balaban J connectivity index is 1.38. The van der Waals surface area contributed by atoms with E-state index < -0.39 is 0 Å². The van der Waals surface area contributed by atoms with E-state index in [-0.39, 0.29) is 5.91 Å². The number of nitrogens with one attached hydrogen (secondary N) is 2. The maximum Gasteiger partial charge on any atom is 0.220 e. The highest BCUT2D eigenvalue weighted by atomic mass is 32.1. The maximum absolute atomic E-state index is 11.8. The molecule has 0 aliphatic carbocycles. The minimum absolute atomic E-state index is 0.118. The molecule has 0 spiro atoms. The van der Waals surface area contributed by atoms with Gasteiger partial charge in [-0.05, 0) is 30.4 Å². The number of aromatic amines is 1. The monoisotopic (exact) mass is 313 g/mol. The van der Waals surface area contributed by atoms with Gasteiger partial charge in [-0.1, -0.05) is 18.2 Å². The molecule has 5 heteroatoms. The van der Waals surface area contributed by atoms with Crippen molar-refractivity contribution in [3.05, 3.63) is 52.6 Å². The number of para-hydroxylation sites is 1. The summed E-state index contributed by atoms with van der Waals surface area (Å²) in [5.74, 6) is 0.118. The Morgan fingerprint density at radius 3 is 3.00 bits per heavy atom. The lowest BCUT2D eigenvalue weighted by atomic mass is 10.2. The first kappa shape index (κ1) is 14.8. The van der Waals surface area contributed by atoms with Crippen molar-refractivity contribution in [3.8, 4) is 0 Å². The summed E-state index contributed by atoms with van der Waals surface area (Å²) in [6.07, 6.45) is 4.93. The fourth-order valence-electron chi connectivity index (χ4n) is 2.47. The van der Waals surface area contributed by atoms with E-state index in [1.54, 1.807) is 17.5 Å². The number of H-pyrrole nitrogens is 1. The first-order valence-corrected chi connectivity index (χ1v) is 8.41. The molecule has 2 heterocycles. The molecule has 3 rings (SSSR count). The lowest BCUT2D eigenvalue weighted by molar-refractivity contribution is -0.121. The van der Waals surface area contributed by atoms with Crippen LogP contribution in [0.5, 0.6) is 0 Å². The quantitative estimate of drug-likeness (QED) is 0.703. The topological polar surface area (TPSA) is 57.8 Å². The maximum atomic E-state index is 11.8. The number of rotatable bonds is 7. The molecule has 0 saturated carbocycles. The standard InChI is InChI=1S/C17H19N3OS/c21-16(6-3-7-17-19-10-11-22-17)18-9-8-14-12-13-4-1-2-5-15(13)20-14/h1-2,4-5,10-12,20H,3,6-9H2,(H,18,21). The predicted octanol–water partition coefficient (Wildman–Crippen LogP) is 3.31. The van der Waals surface area contributed by atoms with Crippen LogP contribution in [-0.4, -0.2) is 22.4 Å². The summed E-state index contributed by atoms with van der Waals surface area (Å²) < 4.78 is 0. The number of fused-ring (bicyclic) bond motifs is 1. The number of nitrogens with zero attached hydrogens (tertiary/aromatic N) is 1. The van der Waals surface area contributed by atoms with E-state index in [1.807, 2.05) is 17.5 Å². The van der Waals surface area contributed by atoms with E-state index in [0.29, 0.717) is 13.0 Å². The first-order valence-electron chi connectivity index (χ1n) is 7.53. The Labute approximate surface area is 133 Å². The van der Waals surface area contributed by atoms with Crippen molar-refractivity contribution in [2.75, 3.05) is 6.54 Å². The van der Waals surface area contributed by atoms with Crippen LogP contribution in [0.25, 0.3) is 10.9 Å². The molecule has 1 amide bonds. The van der Waals surface area contributed by atoms with Gasteiger partial charge in [-0.15, -0.1) is 11.3 Å². The van der Waals surface area contributed by atoms with Crippen LogP contribution in [0.15, 0.2) is 41.9 Å². The lowest BCUT2D eigenvalue weighted by Gasteiger charge is -2.03. The highest BCUT2D eigenvalue weighted by Gasteiger charge is 2.04. The Hall–Kier alpha value is -2.14. The van der Waals surface area contributed by atoms with Crippen molar-refractivity contribution in [2.24, 2.45) is 0 Å². The number of carbonyl (C=O) groups is 1. The second-order valence-electron chi connectivity index (χ2n) is 5.26. The van der Waals surface area contributed by atoms with Gasteiger partial charge >= 0.3 is 0 Å². The number of aromatic nitrogens is 2. The van der Waals surface area contributed by atoms with E-state index >= 15 is 0 Å². The number of benzene rings is 1. The van der Waals surface area contributed by atoms with Gasteiger partial charge in [0.2, 0.25) is 5.91 Å². The van der Waals surface area contributed by atoms with Crippen LogP contribution in [0.4, 0.5) is 0 Å². The van der Waals surface area contributed by atoms with E-state index in [9.17, 15) is 4.79 Å². The largest absolute Gasteiger partial charge is 0.358 e. The first-order chi connectivity index (χ1) is 10.8. The van der Waals surface area contributed by atoms with Crippen molar-refractivity contribution in [1.82, 2.24) is 15.3 Å². The van der Waals surface area contributed by atoms with Gasteiger partial charge in [0, 0.05) is 42.2 Å². The molecule has 0 atom stereocenters. The van der Waals surface area contributed by atoms with Gasteiger partial charge in [0.15, 0.2) is 0 Å². The minimum atomic E-state index is 0.118. The fourth-order valence-corrected chi connectivity index (χ4v) is 3.13. The Kier molecular flexibility index (Phi) is 4.85. The molecule has 0 radical (unpaired) electrons. The summed E-state index contributed by atoms with van der Waals surface area (Å²) >= 11 is 1.64. The van der Waals surface area contributed by atoms with Crippen molar-refractivity contribution in [1.29, 1.82) is 0 Å². The second-order valence-corrected chi connectivity index (χ2v) is 6.24.